The highest BCUT2D eigenvalue weighted by Crippen LogP contribution is 2.22. The van der Waals surface area contributed by atoms with Crippen molar-refractivity contribution < 1.29 is 4.79 Å². The molecule has 5 nitrogen and oxygen atoms in total. The predicted octanol–water partition coefficient (Wildman–Crippen LogP) is 4.41. The van der Waals surface area contributed by atoms with Gasteiger partial charge in [-0.25, -0.2) is 4.98 Å². The Kier molecular flexibility index (Phi) is 6.34. The smallest absolute Gasteiger partial charge is 0.272 e. The second-order valence-electron chi connectivity index (χ2n) is 6.73. The van der Waals surface area contributed by atoms with Gasteiger partial charge in [-0.1, -0.05) is 44.7 Å². The number of hydrogen-bond acceptors (Lipinski definition) is 5. The van der Waals surface area contributed by atoms with E-state index in [0.29, 0.717) is 27.8 Å². The van der Waals surface area contributed by atoms with E-state index in [0.717, 1.165) is 12.1 Å². The summed E-state index contributed by atoms with van der Waals surface area (Å²) in [4.78, 5) is 29.8. The molecule has 0 saturated carbocycles. The number of thiophene rings is 1. The highest BCUT2D eigenvalue weighted by Gasteiger charge is 2.15. The molecule has 0 unspecified atom stereocenters. The van der Waals surface area contributed by atoms with Crippen LogP contribution in [0.5, 0.6) is 0 Å². The van der Waals surface area contributed by atoms with E-state index in [9.17, 15) is 9.59 Å². The highest BCUT2D eigenvalue weighted by molar-refractivity contribution is 7.99. The van der Waals surface area contributed by atoms with Gasteiger partial charge in [-0.3, -0.25) is 14.2 Å². The number of rotatable bonds is 7. The number of nitrogens with zero attached hydrogens (tertiary/aromatic N) is 2. The van der Waals surface area contributed by atoms with Gasteiger partial charge in [0.05, 0.1) is 11.3 Å². The number of fused-ring (bicyclic) bond motifs is 1. The van der Waals surface area contributed by atoms with Crippen LogP contribution in [0.15, 0.2) is 45.7 Å². The topological polar surface area (TPSA) is 64.0 Å². The van der Waals surface area contributed by atoms with E-state index in [4.69, 9.17) is 0 Å². The number of carbonyl (C=O) groups excluding carboxylic acids is 1. The first kappa shape index (κ1) is 19.6. The van der Waals surface area contributed by atoms with E-state index in [1.165, 1.54) is 28.7 Å². The molecule has 0 atom stereocenters. The summed E-state index contributed by atoms with van der Waals surface area (Å²) in [6, 6.07) is 9.68. The van der Waals surface area contributed by atoms with Gasteiger partial charge in [0.25, 0.3) is 5.56 Å². The fraction of sp³-hybridized carbons (Fsp3) is 0.350. The molecule has 0 aliphatic heterocycles. The minimum Gasteiger partial charge on any atom is -0.325 e. The minimum atomic E-state index is -0.107. The van der Waals surface area contributed by atoms with E-state index < -0.39 is 0 Å². The van der Waals surface area contributed by atoms with Gasteiger partial charge < -0.3 is 5.32 Å². The first-order valence-corrected chi connectivity index (χ1v) is 10.8. The quantitative estimate of drug-likeness (QED) is 0.471. The molecular weight excluding hydrogens is 378 g/mol. The summed E-state index contributed by atoms with van der Waals surface area (Å²) in [6.07, 6.45) is 0.921. The van der Waals surface area contributed by atoms with Crippen LogP contribution >= 0.6 is 23.1 Å². The van der Waals surface area contributed by atoms with Crippen molar-refractivity contribution in [1.82, 2.24) is 9.55 Å². The lowest BCUT2D eigenvalue weighted by atomic mass is 10.1. The van der Waals surface area contributed by atoms with Crippen molar-refractivity contribution in [3.05, 3.63) is 51.6 Å². The van der Waals surface area contributed by atoms with Crippen molar-refractivity contribution in [3.63, 3.8) is 0 Å². The molecule has 0 fully saturated rings. The van der Waals surface area contributed by atoms with Gasteiger partial charge in [0.15, 0.2) is 5.16 Å². The normalized spacial score (nSPS) is 11.3. The van der Waals surface area contributed by atoms with Crippen molar-refractivity contribution in [2.45, 2.75) is 38.9 Å². The van der Waals surface area contributed by atoms with Crippen LogP contribution in [0.2, 0.25) is 0 Å². The number of aryl methyl sites for hydroxylation is 1. The van der Waals surface area contributed by atoms with Gasteiger partial charge in [0.1, 0.15) is 4.70 Å². The maximum absolute atomic E-state index is 12.8. The maximum atomic E-state index is 12.8. The monoisotopic (exact) mass is 401 g/mol. The van der Waals surface area contributed by atoms with Gasteiger partial charge in [-0.15, -0.1) is 11.3 Å². The lowest BCUT2D eigenvalue weighted by Crippen LogP contribution is -2.25. The number of thioether (sulfide) groups is 1. The molecule has 1 amide bonds. The zero-order valence-corrected chi connectivity index (χ0v) is 17.3. The van der Waals surface area contributed by atoms with Crippen molar-refractivity contribution >= 4 is 44.9 Å². The second kappa shape index (κ2) is 8.71. The molecule has 0 aliphatic rings. The van der Waals surface area contributed by atoms with Crippen LogP contribution in [0.3, 0.4) is 0 Å². The van der Waals surface area contributed by atoms with Gasteiger partial charge in [-0.05, 0) is 41.5 Å². The van der Waals surface area contributed by atoms with Gasteiger partial charge in [-0.2, -0.15) is 0 Å². The number of carbonyl (C=O) groups is 1. The molecule has 1 N–H and O–H groups in total. The Morgan fingerprint density at radius 2 is 2.15 bits per heavy atom. The van der Waals surface area contributed by atoms with Crippen molar-refractivity contribution in [3.8, 4) is 0 Å². The summed E-state index contributed by atoms with van der Waals surface area (Å²) in [5.41, 5.74) is 2.64. The van der Waals surface area contributed by atoms with Gasteiger partial charge in [0, 0.05) is 12.2 Å². The predicted molar refractivity (Wildman–Crippen MR) is 114 cm³/mol. The van der Waals surface area contributed by atoms with E-state index in [-0.39, 0.29) is 17.2 Å². The van der Waals surface area contributed by atoms with E-state index in [2.05, 4.69) is 31.1 Å². The first-order valence-electron chi connectivity index (χ1n) is 8.97. The SMILES string of the molecule is CCc1cccc(NC(=O)CSc2nc3ccsc3c(=O)n2CC(C)C)c1. The molecule has 3 aromatic rings. The molecule has 0 bridgehead atoms. The molecule has 0 spiro atoms. The summed E-state index contributed by atoms with van der Waals surface area (Å²) >= 11 is 2.71. The zero-order chi connectivity index (χ0) is 19.4. The zero-order valence-electron chi connectivity index (χ0n) is 15.7. The summed E-state index contributed by atoms with van der Waals surface area (Å²) in [5.74, 6) is 0.409. The van der Waals surface area contributed by atoms with Crippen molar-refractivity contribution in [2.24, 2.45) is 5.92 Å². The molecule has 0 aliphatic carbocycles. The maximum Gasteiger partial charge on any atom is 0.272 e. The molecule has 2 heterocycles. The number of amides is 1. The van der Waals surface area contributed by atoms with Crippen LogP contribution in [0.25, 0.3) is 10.2 Å². The Morgan fingerprint density at radius 1 is 1.33 bits per heavy atom. The highest BCUT2D eigenvalue weighted by atomic mass is 32.2. The Morgan fingerprint density at radius 3 is 2.89 bits per heavy atom. The molecule has 2 aromatic heterocycles. The first-order chi connectivity index (χ1) is 13.0. The number of hydrogen-bond donors (Lipinski definition) is 1. The van der Waals surface area contributed by atoms with Crippen molar-refractivity contribution in [1.29, 1.82) is 0 Å². The Hall–Kier alpha value is -2.12. The number of aromatic nitrogens is 2. The third kappa shape index (κ3) is 4.78. The summed E-state index contributed by atoms with van der Waals surface area (Å²) in [5, 5.41) is 5.39. The van der Waals surface area contributed by atoms with Crippen molar-refractivity contribution in [2.75, 3.05) is 11.1 Å². The number of benzene rings is 1. The minimum absolute atomic E-state index is 0.0257. The fourth-order valence-electron chi connectivity index (χ4n) is 2.76. The average molecular weight is 402 g/mol. The average Bonchev–Trinajstić information content (AvgIpc) is 3.11. The van der Waals surface area contributed by atoms with Crippen LogP contribution in [0.1, 0.15) is 26.3 Å². The van der Waals surface area contributed by atoms with E-state index in [1.807, 2.05) is 35.7 Å². The number of anilines is 1. The largest absolute Gasteiger partial charge is 0.325 e. The summed E-state index contributed by atoms with van der Waals surface area (Å²) < 4.78 is 2.36. The van der Waals surface area contributed by atoms with Gasteiger partial charge >= 0.3 is 0 Å². The summed E-state index contributed by atoms with van der Waals surface area (Å²) in [7, 11) is 0. The van der Waals surface area contributed by atoms with Crippen LogP contribution < -0.4 is 10.9 Å². The second-order valence-corrected chi connectivity index (χ2v) is 8.59. The lowest BCUT2D eigenvalue weighted by molar-refractivity contribution is -0.113. The third-order valence-electron chi connectivity index (χ3n) is 4.03. The Labute approximate surface area is 166 Å². The van der Waals surface area contributed by atoms with E-state index in [1.54, 1.807) is 4.57 Å². The lowest BCUT2D eigenvalue weighted by Gasteiger charge is -2.14. The van der Waals surface area contributed by atoms with Crippen LogP contribution in [0.4, 0.5) is 5.69 Å². The molecule has 142 valence electrons. The fourth-order valence-corrected chi connectivity index (χ4v) is 4.34. The molecular formula is C20H23N3O2S2. The number of nitrogens with one attached hydrogen (secondary N) is 1. The van der Waals surface area contributed by atoms with Gasteiger partial charge in [0.2, 0.25) is 5.91 Å². The van der Waals surface area contributed by atoms with E-state index >= 15 is 0 Å². The van der Waals surface area contributed by atoms with Crippen LogP contribution in [0, 0.1) is 5.92 Å². The molecule has 3 rings (SSSR count). The molecule has 0 saturated heterocycles. The molecule has 7 heteroatoms. The van der Waals surface area contributed by atoms with Crippen LogP contribution in [-0.4, -0.2) is 21.2 Å². The Bertz CT molecular complexity index is 1010. The molecule has 0 radical (unpaired) electrons. The van der Waals surface area contributed by atoms with Crippen LogP contribution in [-0.2, 0) is 17.8 Å². The summed E-state index contributed by atoms with van der Waals surface area (Å²) in [6.45, 7) is 6.79. The standard InChI is InChI=1S/C20H23N3O2S2/c1-4-14-6-5-7-15(10-14)21-17(24)12-27-20-22-16-8-9-26-18(16)19(25)23(20)11-13(2)3/h5-10,13H,4,11-12H2,1-3H3,(H,21,24). The molecule has 27 heavy (non-hydrogen) atoms. The third-order valence-corrected chi connectivity index (χ3v) is 5.90. The Balaban J connectivity index is 1.77. The molecule has 1 aromatic carbocycles.